The number of benzene rings is 2. The molecule has 0 unspecified atom stereocenters. The number of carbonyl (C=O) groups excluding carboxylic acids is 1. The van der Waals surface area contributed by atoms with E-state index in [-0.39, 0.29) is 12.7 Å². The molecule has 8 heteroatoms. The summed E-state index contributed by atoms with van der Waals surface area (Å²) in [6, 6.07) is 11.3. The third-order valence-corrected chi connectivity index (χ3v) is 6.02. The zero-order chi connectivity index (χ0) is 20.4. The van der Waals surface area contributed by atoms with E-state index in [1.807, 2.05) is 42.5 Å². The Morgan fingerprint density at radius 1 is 1.10 bits per heavy atom. The fraction of sp³-hybridized carbons (Fsp3) is 0.238. The van der Waals surface area contributed by atoms with Gasteiger partial charge in [0.2, 0.25) is 6.79 Å². The summed E-state index contributed by atoms with van der Waals surface area (Å²) in [6.07, 6.45) is 2.49. The highest BCUT2D eigenvalue weighted by Crippen LogP contribution is 2.36. The van der Waals surface area contributed by atoms with Gasteiger partial charge < -0.3 is 18.9 Å². The number of hydrogen-bond acceptors (Lipinski definition) is 7. The maximum atomic E-state index is 12.8. The Bertz CT molecular complexity index is 1000. The lowest BCUT2D eigenvalue weighted by Crippen LogP contribution is -2.30. The molecule has 4 rings (SSSR count). The molecule has 0 aliphatic carbocycles. The highest BCUT2D eigenvalue weighted by Gasteiger charge is 2.31. The fourth-order valence-electron chi connectivity index (χ4n) is 3.12. The average Bonchev–Trinajstić information content (AvgIpc) is 3.30. The lowest BCUT2D eigenvalue weighted by Gasteiger charge is -2.15. The predicted octanol–water partition coefficient (Wildman–Crippen LogP) is 3.88. The second-order valence-electron chi connectivity index (χ2n) is 6.39. The molecule has 2 aromatic rings. The first-order valence-electron chi connectivity index (χ1n) is 8.95. The van der Waals surface area contributed by atoms with E-state index >= 15 is 0 Å². The minimum Gasteiger partial charge on any atom is -0.493 e. The highest BCUT2D eigenvalue weighted by atomic mass is 32.2. The molecule has 1 fully saturated rings. The summed E-state index contributed by atoms with van der Waals surface area (Å²) < 4.78 is 21.9. The largest absolute Gasteiger partial charge is 0.493 e. The summed E-state index contributed by atoms with van der Waals surface area (Å²) in [4.78, 5) is 15.1. The van der Waals surface area contributed by atoms with E-state index in [9.17, 15) is 4.79 Å². The van der Waals surface area contributed by atoms with E-state index < -0.39 is 0 Å². The molecule has 150 valence electrons. The maximum Gasteiger partial charge on any atom is 0.266 e. The second-order valence-corrected chi connectivity index (χ2v) is 8.06. The number of ether oxygens (including phenoxy) is 4. The first-order chi connectivity index (χ1) is 14.1. The Kier molecular flexibility index (Phi) is 5.64. The molecule has 0 atom stereocenters. The molecule has 0 aromatic heterocycles. The Balaban J connectivity index is 1.46. The van der Waals surface area contributed by atoms with Crippen LogP contribution in [0.3, 0.4) is 0 Å². The topological polar surface area (TPSA) is 57.2 Å². The molecule has 0 radical (unpaired) electrons. The van der Waals surface area contributed by atoms with Gasteiger partial charge in [-0.05, 0) is 47.9 Å². The maximum absolute atomic E-state index is 12.8. The summed E-state index contributed by atoms with van der Waals surface area (Å²) in [5, 5.41) is 0. The van der Waals surface area contributed by atoms with Crippen molar-refractivity contribution in [2.45, 2.75) is 6.42 Å². The smallest absolute Gasteiger partial charge is 0.266 e. The molecule has 2 heterocycles. The summed E-state index contributed by atoms with van der Waals surface area (Å²) >= 11 is 6.74. The minimum atomic E-state index is -0.0851. The van der Waals surface area contributed by atoms with Crippen LogP contribution in [-0.2, 0) is 11.2 Å². The van der Waals surface area contributed by atoms with Crippen molar-refractivity contribution in [1.82, 2.24) is 4.90 Å². The molecular weight excluding hydrogens is 410 g/mol. The van der Waals surface area contributed by atoms with Gasteiger partial charge in [-0.15, -0.1) is 0 Å². The van der Waals surface area contributed by atoms with Gasteiger partial charge in [-0.25, -0.2) is 0 Å². The van der Waals surface area contributed by atoms with Gasteiger partial charge in [-0.3, -0.25) is 9.69 Å². The number of nitrogens with zero attached hydrogens (tertiary/aromatic N) is 1. The van der Waals surface area contributed by atoms with Crippen LogP contribution >= 0.6 is 24.0 Å². The van der Waals surface area contributed by atoms with Crippen LogP contribution in [0.25, 0.3) is 6.08 Å². The van der Waals surface area contributed by atoms with Crippen molar-refractivity contribution in [2.24, 2.45) is 0 Å². The summed E-state index contributed by atoms with van der Waals surface area (Å²) in [5.74, 6) is 2.65. The van der Waals surface area contributed by atoms with Crippen molar-refractivity contribution in [3.05, 3.63) is 52.4 Å². The molecule has 0 N–H and O–H groups in total. The summed E-state index contributed by atoms with van der Waals surface area (Å²) in [6.45, 7) is 0.718. The van der Waals surface area contributed by atoms with Crippen molar-refractivity contribution < 1.29 is 23.7 Å². The third-order valence-electron chi connectivity index (χ3n) is 4.64. The first kappa shape index (κ1) is 19.6. The Labute approximate surface area is 178 Å². The van der Waals surface area contributed by atoms with E-state index in [1.54, 1.807) is 19.1 Å². The van der Waals surface area contributed by atoms with Crippen LogP contribution in [0.1, 0.15) is 11.1 Å². The van der Waals surface area contributed by atoms with Crippen molar-refractivity contribution >= 4 is 40.3 Å². The predicted molar refractivity (Wildman–Crippen MR) is 116 cm³/mol. The average molecular weight is 430 g/mol. The third kappa shape index (κ3) is 4.04. The first-order valence-corrected chi connectivity index (χ1v) is 10.2. The molecule has 0 saturated carbocycles. The number of rotatable bonds is 6. The number of fused-ring (bicyclic) bond motifs is 1. The molecule has 29 heavy (non-hydrogen) atoms. The molecule has 6 nitrogen and oxygen atoms in total. The van der Waals surface area contributed by atoms with Crippen LogP contribution in [0.2, 0.25) is 0 Å². The fourth-order valence-corrected chi connectivity index (χ4v) is 4.43. The molecule has 1 saturated heterocycles. The molecule has 1 amide bonds. The number of carbonyl (C=O) groups is 1. The lowest BCUT2D eigenvalue weighted by atomic mass is 10.1. The Morgan fingerprint density at radius 3 is 2.69 bits per heavy atom. The standard InChI is InChI=1S/C21H19NO5S2/c1-24-15-5-3-13(9-17(15)25-2)7-8-22-20(23)19(29-21(22)28)11-14-4-6-16-18(10-14)27-12-26-16/h3-6,9-11H,7-8,12H2,1-2H3/b19-11-. The van der Waals surface area contributed by atoms with Gasteiger partial charge in [0.05, 0.1) is 19.1 Å². The number of methoxy groups -OCH3 is 2. The van der Waals surface area contributed by atoms with Gasteiger partial charge in [0, 0.05) is 6.54 Å². The van der Waals surface area contributed by atoms with Gasteiger partial charge in [-0.1, -0.05) is 36.1 Å². The molecule has 2 aromatic carbocycles. The SMILES string of the molecule is COc1ccc(CCN2C(=O)/C(=C/c3ccc4c(c3)OCO4)SC2=S)cc1OC. The quantitative estimate of drug-likeness (QED) is 0.510. The summed E-state index contributed by atoms with van der Waals surface area (Å²) in [5.41, 5.74) is 1.91. The van der Waals surface area contributed by atoms with E-state index in [0.717, 1.165) is 11.1 Å². The van der Waals surface area contributed by atoms with E-state index in [1.165, 1.54) is 11.8 Å². The van der Waals surface area contributed by atoms with E-state index in [4.69, 9.17) is 31.2 Å². The minimum absolute atomic E-state index is 0.0851. The highest BCUT2D eigenvalue weighted by molar-refractivity contribution is 8.26. The van der Waals surface area contributed by atoms with Crippen LogP contribution in [0.5, 0.6) is 23.0 Å². The molecule has 2 aliphatic rings. The molecule has 0 spiro atoms. The van der Waals surface area contributed by atoms with Gasteiger partial charge >= 0.3 is 0 Å². The number of thioether (sulfide) groups is 1. The van der Waals surface area contributed by atoms with Crippen LogP contribution in [0.4, 0.5) is 0 Å². The monoisotopic (exact) mass is 429 g/mol. The van der Waals surface area contributed by atoms with Crippen LogP contribution in [0.15, 0.2) is 41.3 Å². The molecular formula is C21H19NO5S2. The van der Waals surface area contributed by atoms with Crippen LogP contribution < -0.4 is 18.9 Å². The van der Waals surface area contributed by atoms with Gasteiger partial charge in [-0.2, -0.15) is 0 Å². The van der Waals surface area contributed by atoms with E-state index in [0.29, 0.717) is 45.2 Å². The van der Waals surface area contributed by atoms with Gasteiger partial charge in [0.1, 0.15) is 4.32 Å². The Morgan fingerprint density at radius 2 is 1.90 bits per heavy atom. The van der Waals surface area contributed by atoms with Crippen molar-refractivity contribution in [2.75, 3.05) is 27.6 Å². The van der Waals surface area contributed by atoms with Crippen LogP contribution in [0, 0.1) is 0 Å². The lowest BCUT2D eigenvalue weighted by molar-refractivity contribution is -0.122. The van der Waals surface area contributed by atoms with Crippen molar-refractivity contribution in [3.63, 3.8) is 0 Å². The summed E-state index contributed by atoms with van der Waals surface area (Å²) in [7, 11) is 3.20. The molecule has 2 aliphatic heterocycles. The number of thiocarbonyl (C=S) groups is 1. The van der Waals surface area contributed by atoms with Crippen LogP contribution in [-0.4, -0.2) is 42.7 Å². The normalized spacial score (nSPS) is 16.6. The number of hydrogen-bond donors (Lipinski definition) is 0. The van der Waals surface area contributed by atoms with Gasteiger partial charge in [0.25, 0.3) is 5.91 Å². The van der Waals surface area contributed by atoms with E-state index in [2.05, 4.69) is 0 Å². The van der Waals surface area contributed by atoms with Gasteiger partial charge in [0.15, 0.2) is 23.0 Å². The zero-order valence-corrected chi connectivity index (χ0v) is 17.6. The van der Waals surface area contributed by atoms with Crippen molar-refractivity contribution in [1.29, 1.82) is 0 Å². The molecule has 0 bridgehead atoms. The number of amides is 1. The second kappa shape index (κ2) is 8.34. The van der Waals surface area contributed by atoms with Crippen molar-refractivity contribution in [3.8, 4) is 23.0 Å². The zero-order valence-electron chi connectivity index (χ0n) is 16.0. The Hall–Kier alpha value is -2.71.